The highest BCUT2D eigenvalue weighted by Crippen LogP contribution is 2.15. The number of rotatable bonds is 6. The van der Waals surface area contributed by atoms with E-state index in [2.05, 4.69) is 10.3 Å². The Labute approximate surface area is 165 Å². The number of aryl methyl sites for hydroxylation is 1. The van der Waals surface area contributed by atoms with Gasteiger partial charge in [0.1, 0.15) is 16.7 Å². The van der Waals surface area contributed by atoms with Crippen molar-refractivity contribution in [1.29, 1.82) is 0 Å². The van der Waals surface area contributed by atoms with Crippen LogP contribution in [0.25, 0.3) is 16.7 Å². The van der Waals surface area contributed by atoms with Gasteiger partial charge in [0.05, 0.1) is 19.4 Å². The number of hydrogen-bond acceptors (Lipinski definition) is 6. The van der Waals surface area contributed by atoms with Gasteiger partial charge in [0.25, 0.3) is 17.1 Å². The highest BCUT2D eigenvalue weighted by molar-refractivity contribution is 6.00. The normalized spacial score (nSPS) is 11.2. The highest BCUT2D eigenvalue weighted by atomic mass is 16.3. The Kier molecular flexibility index (Phi) is 4.96. The van der Waals surface area contributed by atoms with E-state index in [-0.39, 0.29) is 35.5 Å². The van der Waals surface area contributed by atoms with Crippen molar-refractivity contribution < 1.29 is 18.9 Å². The number of carbonyl (C=O) groups excluding carboxylic acids is 1. The molecule has 0 unspecified atom stereocenters. The second-order valence-electron chi connectivity index (χ2n) is 6.52. The predicted octanol–water partition coefficient (Wildman–Crippen LogP) is 0.623. The molecule has 0 saturated carbocycles. The Morgan fingerprint density at radius 3 is 2.93 bits per heavy atom. The van der Waals surface area contributed by atoms with Crippen molar-refractivity contribution in [3.63, 3.8) is 0 Å². The fourth-order valence-electron chi connectivity index (χ4n) is 3.21. The molecule has 0 atom stereocenters. The minimum atomic E-state index is -0.434. The molecular weight excluding hydrogens is 374 g/mol. The molecule has 0 fully saturated rings. The smallest absolute Gasteiger partial charge is 0.278 e. The van der Waals surface area contributed by atoms with Gasteiger partial charge in [-0.15, -0.1) is 0 Å². The van der Waals surface area contributed by atoms with Crippen LogP contribution in [0.4, 0.5) is 5.82 Å². The van der Waals surface area contributed by atoms with Gasteiger partial charge in [-0.3, -0.25) is 14.0 Å². The molecular formula is C20H20N5O4+. The molecule has 0 aliphatic heterocycles. The lowest BCUT2D eigenvalue weighted by Crippen LogP contribution is -2.43. The third kappa shape index (κ3) is 3.43. The van der Waals surface area contributed by atoms with E-state index in [1.165, 1.54) is 16.7 Å². The van der Waals surface area contributed by atoms with Crippen LogP contribution < -0.4 is 21.2 Å². The Morgan fingerprint density at radius 2 is 2.17 bits per heavy atom. The number of nitrogens with two attached hydrogens (primary N) is 1. The maximum absolute atomic E-state index is 13.0. The zero-order valence-electron chi connectivity index (χ0n) is 15.5. The number of furan rings is 1. The van der Waals surface area contributed by atoms with Crippen LogP contribution in [-0.2, 0) is 13.1 Å². The number of amides is 1. The molecule has 4 N–H and O–H groups in total. The largest absolute Gasteiger partial charge is 0.467 e. The molecule has 0 spiro atoms. The molecule has 0 radical (unpaired) electrons. The summed E-state index contributed by atoms with van der Waals surface area (Å²) in [4.78, 5) is 30.4. The van der Waals surface area contributed by atoms with Gasteiger partial charge in [-0.05, 0) is 30.3 Å². The monoisotopic (exact) mass is 394 g/mol. The molecule has 9 nitrogen and oxygen atoms in total. The number of hydrogen-bond donors (Lipinski definition) is 3. The molecule has 1 amide bonds. The first-order valence-electron chi connectivity index (χ1n) is 9.15. The summed E-state index contributed by atoms with van der Waals surface area (Å²) in [5.41, 5.74) is 6.98. The van der Waals surface area contributed by atoms with Crippen LogP contribution in [0.15, 0.2) is 58.1 Å². The van der Waals surface area contributed by atoms with Crippen molar-refractivity contribution in [1.82, 2.24) is 14.7 Å². The Morgan fingerprint density at radius 1 is 1.31 bits per heavy atom. The molecule has 4 aromatic rings. The van der Waals surface area contributed by atoms with Crippen molar-refractivity contribution in [3.8, 4) is 0 Å². The second-order valence-corrected chi connectivity index (χ2v) is 6.52. The standard InChI is InChI=1S/C20H19N5O4/c21-17-14(19(27)22-12-13-5-3-10-29-13)11-15-18(25(17)8-4-9-26)23-16-6-1-2-7-24(16)20(15)28/h1-3,5-7,10-11,21,26H,4,8-9,12H2,(H,22,27)/p+1. The van der Waals surface area contributed by atoms with Gasteiger partial charge in [-0.2, -0.15) is 0 Å². The lowest BCUT2D eigenvalue weighted by molar-refractivity contribution is -0.659. The third-order valence-corrected chi connectivity index (χ3v) is 4.65. The van der Waals surface area contributed by atoms with E-state index in [1.54, 1.807) is 41.1 Å². The number of carbonyl (C=O) groups is 1. The number of nitrogens with one attached hydrogen (secondary N) is 1. The SMILES string of the molecule is Nc1c(C(=O)NCc2ccco2)cc2c(=O)n3ccccc3nc2[n+]1CCCO. The van der Waals surface area contributed by atoms with Gasteiger partial charge >= 0.3 is 0 Å². The lowest BCUT2D eigenvalue weighted by Gasteiger charge is -2.12. The van der Waals surface area contributed by atoms with E-state index >= 15 is 0 Å². The lowest BCUT2D eigenvalue weighted by atomic mass is 10.1. The van der Waals surface area contributed by atoms with Crippen LogP contribution >= 0.6 is 0 Å². The van der Waals surface area contributed by atoms with E-state index < -0.39 is 5.91 Å². The maximum Gasteiger partial charge on any atom is 0.278 e. The number of pyridine rings is 2. The molecule has 29 heavy (non-hydrogen) atoms. The van der Waals surface area contributed by atoms with Crippen LogP contribution in [0.5, 0.6) is 0 Å². The molecule has 0 aromatic carbocycles. The van der Waals surface area contributed by atoms with Crippen molar-refractivity contribution >= 4 is 28.4 Å². The molecule has 4 rings (SSSR count). The van der Waals surface area contributed by atoms with E-state index in [0.29, 0.717) is 30.0 Å². The van der Waals surface area contributed by atoms with E-state index in [1.807, 2.05) is 0 Å². The quantitative estimate of drug-likeness (QED) is 0.325. The minimum Gasteiger partial charge on any atom is -0.467 e. The van der Waals surface area contributed by atoms with E-state index in [4.69, 9.17) is 10.2 Å². The summed E-state index contributed by atoms with van der Waals surface area (Å²) in [6.07, 6.45) is 3.54. The first-order chi connectivity index (χ1) is 14.1. The first-order valence-corrected chi connectivity index (χ1v) is 9.15. The number of aliphatic hydroxyl groups excluding tert-OH is 1. The fraction of sp³-hybridized carbons (Fsp3) is 0.200. The summed E-state index contributed by atoms with van der Waals surface area (Å²) < 4.78 is 8.24. The average Bonchev–Trinajstić information content (AvgIpc) is 3.25. The maximum atomic E-state index is 13.0. The third-order valence-electron chi connectivity index (χ3n) is 4.65. The van der Waals surface area contributed by atoms with Crippen LogP contribution in [0.3, 0.4) is 0 Å². The minimum absolute atomic E-state index is 0.0601. The number of nitrogen functional groups attached to an aromatic ring is 1. The molecule has 4 aromatic heterocycles. The van der Waals surface area contributed by atoms with Gasteiger partial charge < -0.3 is 20.6 Å². The number of aliphatic hydroxyl groups is 1. The summed E-state index contributed by atoms with van der Waals surface area (Å²) >= 11 is 0. The molecule has 0 bridgehead atoms. The zero-order valence-corrected chi connectivity index (χ0v) is 15.5. The van der Waals surface area contributed by atoms with Crippen molar-refractivity contribution in [2.24, 2.45) is 0 Å². The number of nitrogens with zero attached hydrogens (tertiary/aromatic N) is 3. The Balaban J connectivity index is 1.86. The summed E-state index contributed by atoms with van der Waals surface area (Å²) in [6, 6.07) is 10.2. The van der Waals surface area contributed by atoms with Crippen molar-refractivity contribution in [3.05, 3.63) is 70.5 Å². The summed E-state index contributed by atoms with van der Waals surface area (Å²) in [6.45, 7) is 0.442. The average molecular weight is 394 g/mol. The highest BCUT2D eigenvalue weighted by Gasteiger charge is 2.24. The van der Waals surface area contributed by atoms with Gasteiger partial charge in [0.15, 0.2) is 0 Å². The molecule has 0 aliphatic carbocycles. The van der Waals surface area contributed by atoms with Crippen LogP contribution in [0.2, 0.25) is 0 Å². The summed E-state index contributed by atoms with van der Waals surface area (Å²) in [5.74, 6) is 0.338. The van der Waals surface area contributed by atoms with Gasteiger partial charge in [0.2, 0.25) is 11.5 Å². The van der Waals surface area contributed by atoms with Gasteiger partial charge in [-0.25, -0.2) is 4.57 Å². The molecule has 148 valence electrons. The van der Waals surface area contributed by atoms with Crippen molar-refractivity contribution in [2.45, 2.75) is 19.5 Å². The molecule has 4 heterocycles. The predicted molar refractivity (Wildman–Crippen MR) is 105 cm³/mol. The van der Waals surface area contributed by atoms with Crippen LogP contribution in [0, 0.1) is 0 Å². The topological polar surface area (TPSA) is 127 Å². The van der Waals surface area contributed by atoms with Crippen LogP contribution in [-0.4, -0.2) is 27.0 Å². The summed E-state index contributed by atoms with van der Waals surface area (Å²) in [7, 11) is 0. The Bertz CT molecular complexity index is 1250. The van der Waals surface area contributed by atoms with Crippen molar-refractivity contribution in [2.75, 3.05) is 12.3 Å². The second kappa shape index (κ2) is 7.72. The molecule has 9 heteroatoms. The number of fused-ring (bicyclic) bond motifs is 2. The fourth-order valence-corrected chi connectivity index (χ4v) is 3.21. The molecule has 0 aliphatic rings. The number of aromatic nitrogens is 3. The van der Waals surface area contributed by atoms with E-state index in [9.17, 15) is 14.7 Å². The number of anilines is 1. The Hall–Kier alpha value is -3.72. The van der Waals surface area contributed by atoms with Gasteiger partial charge in [-0.1, -0.05) is 11.1 Å². The van der Waals surface area contributed by atoms with Crippen LogP contribution in [0.1, 0.15) is 22.5 Å². The van der Waals surface area contributed by atoms with Gasteiger partial charge in [0, 0.05) is 19.2 Å². The van der Waals surface area contributed by atoms with E-state index in [0.717, 1.165) is 0 Å². The molecule has 0 saturated heterocycles. The zero-order chi connectivity index (χ0) is 20.4. The first kappa shape index (κ1) is 18.6. The summed E-state index contributed by atoms with van der Waals surface area (Å²) in [5, 5.41) is 12.3.